The Morgan fingerprint density at radius 2 is 1.48 bits per heavy atom. The molecule has 0 unspecified atom stereocenters. The summed E-state index contributed by atoms with van der Waals surface area (Å²) in [6, 6.07) is 4.11. The van der Waals surface area contributed by atoms with Crippen molar-refractivity contribution >= 4 is 28.1 Å². The minimum absolute atomic E-state index is 0. The number of ether oxygens (including phenoxy) is 2. The summed E-state index contributed by atoms with van der Waals surface area (Å²) < 4.78 is 15.3. The van der Waals surface area contributed by atoms with Gasteiger partial charge in [-0.3, -0.25) is 10.1 Å². The molecule has 0 atom stereocenters. The van der Waals surface area contributed by atoms with Crippen molar-refractivity contribution in [1.82, 2.24) is 0 Å². The van der Waals surface area contributed by atoms with E-state index in [0.717, 1.165) is 0 Å². The van der Waals surface area contributed by atoms with Crippen molar-refractivity contribution < 1.29 is 38.1 Å². The van der Waals surface area contributed by atoms with Crippen molar-refractivity contribution in [3.63, 3.8) is 0 Å². The number of rotatable bonds is 9. The smallest absolute Gasteiger partial charge is 0.668 e. The average Bonchev–Trinajstić information content (AvgIpc) is 2.54. The minimum atomic E-state index is -1.11. The van der Waals surface area contributed by atoms with Gasteiger partial charge in [0.25, 0.3) is 0 Å². The Balaban J connectivity index is 0. The Morgan fingerprint density at radius 3 is 1.84 bits per heavy atom. The fourth-order valence-electron chi connectivity index (χ4n) is 2.50. The first-order valence-corrected chi connectivity index (χ1v) is 17.2. The number of benzene rings is 1. The fourth-order valence-corrected chi connectivity index (χ4v) is 10.5. The standard InChI is InChI=1S/C15H21NO5.C6H18NSi2.Li/c1-10(2)8-20-14-6-5-12(7-13(14)16(18)19)15(17)21-9-11(3)4;1-8(2,3)7-9(4,5)6;/h5-7,10-11H,8-9H2,1-4H3;1-6H3;/q;-1;+1. The van der Waals surface area contributed by atoms with Crippen LogP contribution >= 0.6 is 0 Å². The first-order chi connectivity index (χ1) is 13.5. The SMILES string of the molecule is CC(C)COC(=O)c1ccc(OCC(C)C)c([N+](=O)[O-])c1.C[Si](C)(C)[N-][Si](C)(C)C.[Li+]. The molecule has 10 heteroatoms. The predicted molar refractivity (Wildman–Crippen MR) is 129 cm³/mol. The summed E-state index contributed by atoms with van der Waals surface area (Å²) in [6.07, 6.45) is 0. The van der Waals surface area contributed by atoms with Gasteiger partial charge in [0.2, 0.25) is 0 Å². The molecular formula is C21H39LiN2O5Si2. The summed E-state index contributed by atoms with van der Waals surface area (Å²) in [5.41, 5.74) is -0.0751. The summed E-state index contributed by atoms with van der Waals surface area (Å²) in [7, 11) is -2.21. The van der Waals surface area contributed by atoms with Gasteiger partial charge in [-0.1, -0.05) is 83.4 Å². The van der Waals surface area contributed by atoms with Crippen molar-refractivity contribution in [2.45, 2.75) is 67.0 Å². The molecule has 0 heterocycles. The second-order valence-electron chi connectivity index (χ2n) is 10.1. The van der Waals surface area contributed by atoms with Crippen molar-refractivity contribution in [3.05, 3.63) is 38.5 Å². The molecule has 0 aliphatic rings. The van der Waals surface area contributed by atoms with Gasteiger partial charge in [0.15, 0.2) is 5.75 Å². The molecular weight excluding hydrogens is 423 g/mol. The molecule has 0 aliphatic carbocycles. The first-order valence-electron chi connectivity index (χ1n) is 10.3. The number of hydrogen-bond acceptors (Lipinski definition) is 5. The molecule has 0 aliphatic heterocycles. The van der Waals surface area contributed by atoms with E-state index in [-0.39, 0.29) is 54.3 Å². The van der Waals surface area contributed by atoms with Crippen molar-refractivity contribution in [2.75, 3.05) is 13.2 Å². The van der Waals surface area contributed by atoms with Crippen LogP contribution in [-0.2, 0) is 4.74 Å². The number of hydrogen-bond donors (Lipinski definition) is 0. The third-order valence-electron chi connectivity index (χ3n) is 3.18. The van der Waals surface area contributed by atoms with E-state index in [4.69, 9.17) is 14.1 Å². The van der Waals surface area contributed by atoms with Crippen molar-refractivity contribution in [1.29, 1.82) is 0 Å². The summed E-state index contributed by atoms with van der Waals surface area (Å²) in [4.78, 5) is 22.3. The Kier molecular flexibility index (Phi) is 14.6. The summed E-state index contributed by atoms with van der Waals surface area (Å²) in [6.45, 7) is 22.2. The summed E-state index contributed by atoms with van der Waals surface area (Å²) in [5.74, 6) is 0.0502. The molecule has 0 saturated carbocycles. The maximum atomic E-state index is 11.8. The Morgan fingerprint density at radius 1 is 1.00 bits per heavy atom. The van der Waals surface area contributed by atoms with Crippen LogP contribution in [0.25, 0.3) is 4.65 Å². The van der Waals surface area contributed by atoms with E-state index in [2.05, 4.69) is 39.3 Å². The van der Waals surface area contributed by atoms with Crippen LogP contribution in [0.5, 0.6) is 5.75 Å². The zero-order chi connectivity index (χ0) is 23.7. The molecule has 7 nitrogen and oxygen atoms in total. The van der Waals surface area contributed by atoms with Crippen LogP contribution in [0.15, 0.2) is 18.2 Å². The third kappa shape index (κ3) is 16.2. The van der Waals surface area contributed by atoms with Crippen LogP contribution in [0.4, 0.5) is 5.69 Å². The molecule has 0 radical (unpaired) electrons. The number of nitro groups is 1. The van der Waals surface area contributed by atoms with Crippen molar-refractivity contribution in [2.24, 2.45) is 11.8 Å². The van der Waals surface area contributed by atoms with Crippen molar-refractivity contribution in [3.8, 4) is 5.75 Å². The molecule has 172 valence electrons. The number of nitro benzene ring substituents is 1. The topological polar surface area (TPSA) is 92.8 Å². The van der Waals surface area contributed by atoms with Gasteiger partial charge in [-0.2, -0.15) is 0 Å². The molecule has 0 spiro atoms. The molecule has 0 saturated heterocycles. The van der Waals surface area contributed by atoms with E-state index in [0.29, 0.717) is 6.61 Å². The van der Waals surface area contributed by atoms with E-state index in [1.165, 1.54) is 18.2 Å². The number of esters is 1. The maximum absolute atomic E-state index is 11.8. The predicted octanol–water partition coefficient (Wildman–Crippen LogP) is 3.48. The largest absolute Gasteiger partial charge is 1.00 e. The fraction of sp³-hybridized carbons (Fsp3) is 0.667. The van der Waals surface area contributed by atoms with Gasteiger partial charge in [0.1, 0.15) is 0 Å². The monoisotopic (exact) mass is 462 g/mol. The summed E-state index contributed by atoms with van der Waals surface area (Å²) >= 11 is 0. The third-order valence-corrected chi connectivity index (χ3v) is 8.55. The molecule has 0 bridgehead atoms. The molecule has 0 aromatic heterocycles. The Bertz CT molecular complexity index is 690. The van der Waals surface area contributed by atoms with Gasteiger partial charge in [0, 0.05) is 6.07 Å². The van der Waals surface area contributed by atoms with Crippen LogP contribution in [0, 0.1) is 22.0 Å². The maximum Gasteiger partial charge on any atom is 1.00 e. The van der Waals surface area contributed by atoms with Crippen LogP contribution in [-0.4, -0.2) is 40.6 Å². The molecule has 0 N–H and O–H groups in total. The molecule has 31 heavy (non-hydrogen) atoms. The van der Waals surface area contributed by atoms with Crippen LogP contribution < -0.4 is 23.6 Å². The van der Waals surface area contributed by atoms with E-state index >= 15 is 0 Å². The molecule has 1 rings (SSSR count). The molecule has 0 amide bonds. The summed E-state index contributed by atoms with van der Waals surface area (Å²) in [5, 5.41) is 11.1. The zero-order valence-electron chi connectivity index (χ0n) is 21.2. The first kappa shape index (κ1) is 32.1. The van der Waals surface area contributed by atoms with Gasteiger partial charge in [0.05, 0.1) is 23.7 Å². The Hall–Kier alpha value is -1.12. The van der Waals surface area contributed by atoms with E-state index in [1.807, 2.05) is 27.7 Å². The second-order valence-corrected chi connectivity index (χ2v) is 19.7. The van der Waals surface area contributed by atoms with Gasteiger partial charge >= 0.3 is 30.5 Å². The Labute approximate surface area is 202 Å². The molecule has 1 aromatic rings. The number of carbonyl (C=O) groups excluding carboxylic acids is 1. The van der Waals surface area contributed by atoms with Gasteiger partial charge in [-0.05, 0) is 24.0 Å². The average molecular weight is 463 g/mol. The molecule has 1 aromatic carbocycles. The van der Waals surface area contributed by atoms with E-state index < -0.39 is 27.4 Å². The molecule has 0 fully saturated rings. The van der Waals surface area contributed by atoms with Gasteiger partial charge < -0.3 is 14.1 Å². The van der Waals surface area contributed by atoms with Gasteiger partial charge in [-0.25, -0.2) is 4.79 Å². The van der Waals surface area contributed by atoms with E-state index in [1.54, 1.807) is 0 Å². The number of nitrogens with zero attached hydrogens (tertiary/aromatic N) is 2. The second kappa shape index (κ2) is 14.1. The minimum Gasteiger partial charge on any atom is -0.668 e. The van der Waals surface area contributed by atoms with Crippen LogP contribution in [0.2, 0.25) is 39.3 Å². The van der Waals surface area contributed by atoms with Crippen LogP contribution in [0.1, 0.15) is 38.1 Å². The van der Waals surface area contributed by atoms with Crippen LogP contribution in [0.3, 0.4) is 0 Å². The van der Waals surface area contributed by atoms with Gasteiger partial charge in [-0.15, -0.1) is 0 Å². The van der Waals surface area contributed by atoms with E-state index in [9.17, 15) is 14.9 Å². The normalized spacial score (nSPS) is 11.4. The quantitative estimate of drug-likeness (QED) is 0.242. The zero-order valence-corrected chi connectivity index (χ0v) is 23.2. The number of carbonyl (C=O) groups is 1.